The third-order valence-corrected chi connectivity index (χ3v) is 4.40. The fraction of sp³-hybridized carbons (Fsp3) is 0. The maximum atomic E-state index is 13.0. The second-order valence-electron chi connectivity index (χ2n) is 3.11. The summed E-state index contributed by atoms with van der Waals surface area (Å²) in [6, 6.07) is 11.8. The first kappa shape index (κ1) is 11.9. The molecule has 0 heterocycles. The van der Waals surface area contributed by atoms with Gasteiger partial charge in [-0.2, -0.15) is 0 Å². The van der Waals surface area contributed by atoms with Gasteiger partial charge in [-0.05, 0) is 62.8 Å². The van der Waals surface area contributed by atoms with Crippen LogP contribution in [0.4, 0.5) is 4.39 Å². The lowest BCUT2D eigenvalue weighted by atomic mass is 10.3. The van der Waals surface area contributed by atoms with Crippen LogP contribution in [0.3, 0.4) is 0 Å². The highest BCUT2D eigenvalue weighted by atomic mass is 127. The maximum absolute atomic E-state index is 13.0. The largest absolute Gasteiger partial charge is 0.456 e. The first-order valence-electron chi connectivity index (χ1n) is 4.54. The molecule has 0 saturated heterocycles. The molecule has 2 aromatic rings. The lowest BCUT2D eigenvalue weighted by Gasteiger charge is -2.08. The van der Waals surface area contributed by atoms with E-state index < -0.39 is 0 Å². The van der Waals surface area contributed by atoms with Crippen LogP contribution in [0.25, 0.3) is 0 Å². The Kier molecular flexibility index (Phi) is 3.81. The Morgan fingerprint density at radius 2 is 1.88 bits per heavy atom. The third kappa shape index (κ3) is 2.74. The lowest BCUT2D eigenvalue weighted by Crippen LogP contribution is -1.87. The summed E-state index contributed by atoms with van der Waals surface area (Å²) in [5.74, 6) is 0.861. The lowest BCUT2D eigenvalue weighted by molar-refractivity contribution is 0.473. The van der Waals surface area contributed by atoms with E-state index in [1.165, 1.54) is 12.1 Å². The predicted molar refractivity (Wildman–Crippen MR) is 73.3 cm³/mol. The molecule has 0 aromatic heterocycles. The van der Waals surface area contributed by atoms with Gasteiger partial charge in [0.2, 0.25) is 0 Å². The number of benzene rings is 2. The Morgan fingerprint density at radius 1 is 1.12 bits per heavy atom. The zero-order valence-corrected chi connectivity index (χ0v) is 11.8. The van der Waals surface area contributed by atoms with Crippen molar-refractivity contribution in [2.24, 2.45) is 0 Å². The molecule has 0 aliphatic heterocycles. The standard InChI is InChI=1S/C12H7BrFIO/c13-12-10(15)5-2-6-11(12)16-9-4-1-3-8(14)7-9/h1-7H. The summed E-state index contributed by atoms with van der Waals surface area (Å²) < 4.78 is 20.5. The van der Waals surface area contributed by atoms with E-state index in [2.05, 4.69) is 38.5 Å². The highest BCUT2D eigenvalue weighted by Gasteiger charge is 2.05. The summed E-state index contributed by atoms with van der Waals surface area (Å²) in [6.45, 7) is 0. The van der Waals surface area contributed by atoms with Crippen molar-refractivity contribution < 1.29 is 9.13 Å². The molecule has 1 nitrogen and oxygen atoms in total. The normalized spacial score (nSPS) is 10.2. The van der Waals surface area contributed by atoms with Crippen molar-refractivity contribution in [3.8, 4) is 11.5 Å². The molecule has 0 fully saturated rings. The van der Waals surface area contributed by atoms with Gasteiger partial charge >= 0.3 is 0 Å². The number of halogens is 3. The summed E-state index contributed by atoms with van der Waals surface area (Å²) in [5.41, 5.74) is 0. The molecule has 0 saturated carbocycles. The molecule has 82 valence electrons. The second-order valence-corrected chi connectivity index (χ2v) is 5.07. The SMILES string of the molecule is Fc1cccc(Oc2cccc(I)c2Br)c1. The quantitative estimate of drug-likeness (QED) is 0.654. The summed E-state index contributed by atoms with van der Waals surface area (Å²) >= 11 is 5.63. The van der Waals surface area contributed by atoms with E-state index >= 15 is 0 Å². The predicted octanol–water partition coefficient (Wildman–Crippen LogP) is 4.99. The van der Waals surface area contributed by atoms with Crippen LogP contribution >= 0.6 is 38.5 Å². The van der Waals surface area contributed by atoms with E-state index in [0.29, 0.717) is 11.5 Å². The van der Waals surface area contributed by atoms with E-state index in [4.69, 9.17) is 4.74 Å². The topological polar surface area (TPSA) is 9.23 Å². The summed E-state index contributed by atoms with van der Waals surface area (Å²) in [6.07, 6.45) is 0. The van der Waals surface area contributed by atoms with Crippen molar-refractivity contribution in [3.05, 3.63) is 56.3 Å². The van der Waals surface area contributed by atoms with Crippen molar-refractivity contribution in [1.29, 1.82) is 0 Å². The fourth-order valence-electron chi connectivity index (χ4n) is 1.22. The van der Waals surface area contributed by atoms with Gasteiger partial charge in [-0.3, -0.25) is 0 Å². The van der Waals surface area contributed by atoms with Crippen LogP contribution in [-0.2, 0) is 0 Å². The van der Waals surface area contributed by atoms with E-state index in [-0.39, 0.29) is 5.82 Å². The molecule has 2 rings (SSSR count). The molecule has 0 N–H and O–H groups in total. The maximum Gasteiger partial charge on any atom is 0.142 e. The number of ether oxygens (including phenoxy) is 1. The van der Waals surface area contributed by atoms with Crippen molar-refractivity contribution in [3.63, 3.8) is 0 Å². The van der Waals surface area contributed by atoms with Crippen LogP contribution < -0.4 is 4.74 Å². The minimum Gasteiger partial charge on any atom is -0.456 e. The van der Waals surface area contributed by atoms with Crippen molar-refractivity contribution in [2.45, 2.75) is 0 Å². The molecule has 16 heavy (non-hydrogen) atoms. The Bertz CT molecular complexity index is 516. The van der Waals surface area contributed by atoms with Gasteiger partial charge in [-0.25, -0.2) is 4.39 Å². The smallest absolute Gasteiger partial charge is 0.142 e. The minimum atomic E-state index is -0.306. The summed E-state index contributed by atoms with van der Waals surface area (Å²) in [7, 11) is 0. The Labute approximate surface area is 115 Å². The molecule has 0 spiro atoms. The van der Waals surface area contributed by atoms with Crippen molar-refractivity contribution >= 4 is 38.5 Å². The Hall–Kier alpha value is -0.620. The van der Waals surface area contributed by atoms with Gasteiger partial charge < -0.3 is 4.74 Å². The Morgan fingerprint density at radius 3 is 2.62 bits per heavy atom. The van der Waals surface area contributed by atoms with Crippen LogP contribution in [0.5, 0.6) is 11.5 Å². The first-order chi connectivity index (χ1) is 7.66. The number of hydrogen-bond donors (Lipinski definition) is 0. The highest BCUT2D eigenvalue weighted by Crippen LogP contribution is 2.33. The van der Waals surface area contributed by atoms with Gasteiger partial charge in [-0.1, -0.05) is 12.1 Å². The second kappa shape index (κ2) is 5.14. The Balaban J connectivity index is 2.31. The minimum absolute atomic E-state index is 0.306. The molecular formula is C12H7BrFIO. The van der Waals surface area contributed by atoms with E-state index in [1.54, 1.807) is 12.1 Å². The first-order valence-corrected chi connectivity index (χ1v) is 6.41. The zero-order valence-electron chi connectivity index (χ0n) is 8.08. The van der Waals surface area contributed by atoms with Crippen molar-refractivity contribution in [1.82, 2.24) is 0 Å². The van der Waals surface area contributed by atoms with Crippen LogP contribution in [-0.4, -0.2) is 0 Å². The third-order valence-electron chi connectivity index (χ3n) is 1.94. The van der Waals surface area contributed by atoms with E-state index in [1.807, 2.05) is 18.2 Å². The van der Waals surface area contributed by atoms with Gasteiger partial charge in [0.1, 0.15) is 17.3 Å². The van der Waals surface area contributed by atoms with Gasteiger partial charge in [-0.15, -0.1) is 0 Å². The average molecular weight is 393 g/mol. The average Bonchev–Trinajstić information content (AvgIpc) is 2.25. The molecule has 2 aromatic carbocycles. The molecular weight excluding hydrogens is 386 g/mol. The molecule has 0 aliphatic carbocycles. The molecule has 0 amide bonds. The van der Waals surface area contributed by atoms with Crippen LogP contribution in [0, 0.1) is 9.39 Å². The van der Waals surface area contributed by atoms with Gasteiger partial charge in [0.25, 0.3) is 0 Å². The van der Waals surface area contributed by atoms with E-state index in [0.717, 1.165) is 8.04 Å². The summed E-state index contributed by atoms with van der Waals surface area (Å²) in [4.78, 5) is 0. The fourth-order valence-corrected chi connectivity index (χ4v) is 2.04. The highest BCUT2D eigenvalue weighted by molar-refractivity contribution is 14.1. The zero-order chi connectivity index (χ0) is 11.5. The van der Waals surface area contributed by atoms with Crippen LogP contribution in [0.1, 0.15) is 0 Å². The van der Waals surface area contributed by atoms with E-state index in [9.17, 15) is 4.39 Å². The van der Waals surface area contributed by atoms with Crippen molar-refractivity contribution in [2.75, 3.05) is 0 Å². The van der Waals surface area contributed by atoms with Gasteiger partial charge in [0, 0.05) is 9.64 Å². The van der Waals surface area contributed by atoms with Gasteiger partial charge in [0.15, 0.2) is 0 Å². The van der Waals surface area contributed by atoms with Gasteiger partial charge in [0.05, 0.1) is 4.47 Å². The van der Waals surface area contributed by atoms with Crippen LogP contribution in [0.2, 0.25) is 0 Å². The molecule has 0 atom stereocenters. The molecule has 0 bridgehead atoms. The molecule has 0 aliphatic rings. The molecule has 0 unspecified atom stereocenters. The summed E-state index contributed by atoms with van der Waals surface area (Å²) in [5, 5.41) is 0. The number of rotatable bonds is 2. The molecule has 0 radical (unpaired) electrons. The number of hydrogen-bond acceptors (Lipinski definition) is 1. The molecule has 4 heteroatoms. The van der Waals surface area contributed by atoms with Crippen LogP contribution in [0.15, 0.2) is 46.9 Å². The monoisotopic (exact) mass is 392 g/mol.